The summed E-state index contributed by atoms with van der Waals surface area (Å²) in [5.74, 6) is -2.99. The molecular weight excluding hydrogens is 484 g/mol. The molecular formula is C27H28O10. The molecule has 0 amide bonds. The van der Waals surface area contributed by atoms with Gasteiger partial charge in [0.2, 0.25) is 11.9 Å². The molecule has 0 aromatic heterocycles. The van der Waals surface area contributed by atoms with Gasteiger partial charge in [0.25, 0.3) is 0 Å². The summed E-state index contributed by atoms with van der Waals surface area (Å²) in [7, 11) is 0. The number of rotatable bonds is 3. The molecule has 2 spiro atoms. The first-order valence-electron chi connectivity index (χ1n) is 12.5. The minimum absolute atomic E-state index is 0.0425. The summed E-state index contributed by atoms with van der Waals surface area (Å²) in [6.45, 7) is 7.24. The summed E-state index contributed by atoms with van der Waals surface area (Å²) in [4.78, 5) is 39.8. The maximum Gasteiger partial charge on any atom is 0.344 e. The normalized spacial score (nSPS) is 47.0. The Morgan fingerprint density at radius 2 is 1.73 bits per heavy atom. The standard InChI is InChI=1S/C27H28O10/c1-11-13-15(34-20(11)30)17(29)26-18-14(28)16(24(2,3)4)25(26)19(33-10-12-8-6-5-7-9-12)21(31)36-23(25)37-27(13,26)22(32)35-18/h5-9,14-19,23,28-29H,10H2,1-4H3/t14-,15?,16?,17?,18?,19+,23+,25?,26?,27-/m1/s1. The Labute approximate surface area is 212 Å². The van der Waals surface area contributed by atoms with Crippen LogP contribution in [0.3, 0.4) is 0 Å². The third-order valence-corrected chi connectivity index (χ3v) is 9.53. The van der Waals surface area contributed by atoms with Crippen LogP contribution in [0.1, 0.15) is 33.3 Å². The van der Waals surface area contributed by atoms with Gasteiger partial charge in [-0.15, -0.1) is 0 Å². The first-order chi connectivity index (χ1) is 17.5. The van der Waals surface area contributed by atoms with Crippen molar-refractivity contribution in [2.45, 2.75) is 76.7 Å². The third kappa shape index (κ3) is 2.20. The number of esters is 3. The summed E-state index contributed by atoms with van der Waals surface area (Å²) in [6, 6.07) is 9.25. The van der Waals surface area contributed by atoms with Crippen LogP contribution in [0.15, 0.2) is 41.5 Å². The topological polar surface area (TPSA) is 138 Å². The Hall–Kier alpha value is -2.79. The third-order valence-electron chi connectivity index (χ3n) is 9.53. The second-order valence-corrected chi connectivity index (χ2v) is 12.0. The van der Waals surface area contributed by atoms with E-state index in [-0.39, 0.29) is 17.8 Å². The number of ether oxygens (including phenoxy) is 5. The Morgan fingerprint density at radius 1 is 1.03 bits per heavy atom. The second kappa shape index (κ2) is 6.79. The Morgan fingerprint density at radius 3 is 2.41 bits per heavy atom. The molecule has 1 aromatic rings. The zero-order valence-corrected chi connectivity index (χ0v) is 20.8. The van der Waals surface area contributed by atoms with Gasteiger partial charge < -0.3 is 33.9 Å². The molecule has 10 atom stereocenters. The molecule has 10 nitrogen and oxygen atoms in total. The molecule has 6 unspecified atom stereocenters. The van der Waals surface area contributed by atoms with Crippen LogP contribution in [-0.4, -0.2) is 70.5 Å². The van der Waals surface area contributed by atoms with E-state index in [0.29, 0.717) is 0 Å². The largest absolute Gasteiger partial charge is 0.456 e. The maximum atomic E-state index is 13.7. The molecule has 4 heterocycles. The highest BCUT2D eigenvalue weighted by Crippen LogP contribution is 2.83. The number of benzene rings is 1. The predicted octanol–water partition coefficient (Wildman–Crippen LogP) is 0.775. The SMILES string of the molecule is CC1=C2C(OC1=O)C(O)C13C4OC(=O)[C@]21O[C@@H]1OC(=O)[C@H](OCc2ccccc2)C13C(C(C)(C)C)[C@H]4O. The monoisotopic (exact) mass is 512 g/mol. The van der Waals surface area contributed by atoms with Gasteiger partial charge in [0.1, 0.15) is 12.2 Å². The van der Waals surface area contributed by atoms with Crippen LogP contribution in [0.25, 0.3) is 0 Å². The van der Waals surface area contributed by atoms with Gasteiger partial charge in [-0.1, -0.05) is 51.1 Å². The van der Waals surface area contributed by atoms with Gasteiger partial charge in [-0.05, 0) is 17.9 Å². The van der Waals surface area contributed by atoms with E-state index in [9.17, 15) is 24.6 Å². The van der Waals surface area contributed by atoms with Crippen LogP contribution in [0, 0.1) is 22.2 Å². The van der Waals surface area contributed by atoms with Gasteiger partial charge in [-0.3, -0.25) is 0 Å². The summed E-state index contributed by atoms with van der Waals surface area (Å²) in [6.07, 6.45) is -7.86. The van der Waals surface area contributed by atoms with E-state index >= 15 is 0 Å². The van der Waals surface area contributed by atoms with Crippen molar-refractivity contribution >= 4 is 17.9 Å². The van der Waals surface area contributed by atoms with Crippen LogP contribution in [0.5, 0.6) is 0 Å². The van der Waals surface area contributed by atoms with Crippen LogP contribution >= 0.6 is 0 Å². The molecule has 3 saturated heterocycles. The Kier molecular flexibility index (Phi) is 4.29. The van der Waals surface area contributed by atoms with Crippen molar-refractivity contribution in [2.24, 2.45) is 22.2 Å². The van der Waals surface area contributed by atoms with Crippen LogP contribution in [0.2, 0.25) is 0 Å². The van der Waals surface area contributed by atoms with E-state index in [4.69, 9.17) is 23.7 Å². The first kappa shape index (κ1) is 23.3. The molecule has 10 heteroatoms. The summed E-state index contributed by atoms with van der Waals surface area (Å²) < 4.78 is 29.9. The molecule has 196 valence electrons. The highest BCUT2D eigenvalue weighted by Gasteiger charge is 3.01. The van der Waals surface area contributed by atoms with Crippen molar-refractivity contribution in [3.05, 3.63) is 47.0 Å². The zero-order chi connectivity index (χ0) is 26.3. The lowest BCUT2D eigenvalue weighted by Crippen LogP contribution is -2.63. The van der Waals surface area contributed by atoms with Crippen LogP contribution < -0.4 is 0 Å². The van der Waals surface area contributed by atoms with Crippen molar-refractivity contribution in [1.82, 2.24) is 0 Å². The molecule has 5 fully saturated rings. The molecule has 1 aromatic carbocycles. The summed E-state index contributed by atoms with van der Waals surface area (Å²) >= 11 is 0. The lowest BCUT2D eigenvalue weighted by Gasteiger charge is -2.48. The highest BCUT2D eigenvalue weighted by molar-refractivity contribution is 6.00. The molecule has 2 aliphatic carbocycles. The second-order valence-electron chi connectivity index (χ2n) is 12.0. The number of hydrogen-bond acceptors (Lipinski definition) is 10. The van der Waals surface area contributed by atoms with E-state index < -0.39 is 82.5 Å². The number of carbonyl (C=O) groups is 3. The van der Waals surface area contributed by atoms with Crippen LogP contribution in [-0.2, 0) is 44.7 Å². The first-order valence-corrected chi connectivity index (χ1v) is 12.5. The lowest BCUT2D eigenvalue weighted by atomic mass is 9.51. The fourth-order valence-corrected chi connectivity index (χ4v) is 8.73. The smallest absolute Gasteiger partial charge is 0.344 e. The molecule has 0 radical (unpaired) electrons. The van der Waals surface area contributed by atoms with Gasteiger partial charge >= 0.3 is 17.9 Å². The molecule has 7 rings (SSSR count). The molecule has 2 N–H and O–H groups in total. The highest BCUT2D eigenvalue weighted by atomic mass is 16.8. The van der Waals surface area contributed by atoms with Crippen molar-refractivity contribution < 1.29 is 48.3 Å². The average Bonchev–Trinajstić information content (AvgIpc) is 3.55. The van der Waals surface area contributed by atoms with E-state index in [1.807, 2.05) is 51.1 Å². The van der Waals surface area contributed by atoms with E-state index in [1.54, 1.807) is 0 Å². The average molecular weight is 513 g/mol. The van der Waals surface area contributed by atoms with Gasteiger partial charge in [0, 0.05) is 17.1 Å². The number of aliphatic hydroxyl groups excluding tert-OH is 2. The predicted molar refractivity (Wildman–Crippen MR) is 121 cm³/mol. The van der Waals surface area contributed by atoms with Gasteiger partial charge in [-0.25, -0.2) is 14.4 Å². The van der Waals surface area contributed by atoms with Crippen LogP contribution in [0.4, 0.5) is 0 Å². The molecule has 0 bridgehead atoms. The van der Waals surface area contributed by atoms with Crippen molar-refractivity contribution in [2.75, 3.05) is 0 Å². The van der Waals surface area contributed by atoms with Crippen molar-refractivity contribution in [3.8, 4) is 0 Å². The summed E-state index contributed by atoms with van der Waals surface area (Å²) in [5, 5.41) is 23.8. The minimum Gasteiger partial charge on any atom is -0.456 e. The lowest BCUT2D eigenvalue weighted by molar-refractivity contribution is -0.195. The molecule has 2 saturated carbocycles. The van der Waals surface area contributed by atoms with E-state index in [2.05, 4.69) is 0 Å². The Bertz CT molecular complexity index is 1280. The summed E-state index contributed by atoms with van der Waals surface area (Å²) in [5.41, 5.74) is -4.77. The molecule has 6 aliphatic rings. The number of hydrogen-bond donors (Lipinski definition) is 2. The maximum absolute atomic E-state index is 13.7. The fourth-order valence-electron chi connectivity index (χ4n) is 8.73. The Balaban J connectivity index is 1.50. The van der Waals surface area contributed by atoms with E-state index in [1.165, 1.54) is 6.92 Å². The number of carbonyl (C=O) groups excluding carboxylic acids is 3. The van der Waals surface area contributed by atoms with Gasteiger partial charge in [-0.2, -0.15) is 0 Å². The quantitative estimate of drug-likeness (QED) is 0.441. The van der Waals surface area contributed by atoms with E-state index in [0.717, 1.165) is 5.56 Å². The van der Waals surface area contributed by atoms with Gasteiger partial charge in [0.15, 0.2) is 12.2 Å². The molecule has 4 aliphatic heterocycles. The van der Waals surface area contributed by atoms with Crippen molar-refractivity contribution in [3.63, 3.8) is 0 Å². The van der Waals surface area contributed by atoms with Gasteiger partial charge in [0.05, 0.1) is 23.5 Å². The fraction of sp³-hybridized carbons (Fsp3) is 0.593. The van der Waals surface area contributed by atoms with Crippen molar-refractivity contribution in [1.29, 1.82) is 0 Å². The minimum atomic E-state index is -1.97. The number of aliphatic hydroxyl groups is 2. The molecule has 37 heavy (non-hydrogen) atoms. The number of fused-ring (bicyclic) bond motifs is 1. The zero-order valence-electron chi connectivity index (χ0n) is 20.8.